The number of hydrogen-bond donors (Lipinski definition) is 1. The second kappa shape index (κ2) is 3.79. The average Bonchev–Trinajstić information content (AvgIpc) is 2.98. The van der Waals surface area contributed by atoms with E-state index in [1.165, 1.54) is 0 Å². The summed E-state index contributed by atoms with van der Waals surface area (Å²) in [7, 11) is 0. The third-order valence-electron chi connectivity index (χ3n) is 2.38. The van der Waals surface area contributed by atoms with Gasteiger partial charge < -0.3 is 14.7 Å². The molecule has 3 heterocycles. The number of nitrogen functional groups attached to an aromatic ring is 1. The number of pyridine rings is 1. The lowest BCUT2D eigenvalue weighted by Crippen LogP contribution is -1.90. The molecule has 5 heteroatoms. The Bertz CT molecular complexity index is 615. The minimum absolute atomic E-state index is 0.301. The zero-order valence-electron chi connectivity index (χ0n) is 8.83. The Kier molecular flexibility index (Phi) is 2.15. The van der Waals surface area contributed by atoms with Crippen LogP contribution in [0.2, 0.25) is 0 Å². The Morgan fingerprint density at radius 1 is 1.12 bits per heavy atom. The highest BCUT2D eigenvalue weighted by molar-refractivity contribution is 5.82. The second-order valence-corrected chi connectivity index (χ2v) is 3.46. The number of nitrogens with zero attached hydrogens (tertiary/aromatic N) is 2. The van der Waals surface area contributed by atoms with Crippen LogP contribution >= 0.6 is 0 Å². The lowest BCUT2D eigenvalue weighted by Gasteiger charge is -1.98. The maximum atomic E-state index is 5.79. The summed E-state index contributed by atoms with van der Waals surface area (Å²) < 4.78 is 10.5. The lowest BCUT2D eigenvalue weighted by molar-refractivity contribution is 0.421. The molecule has 0 fully saturated rings. The number of anilines is 1. The van der Waals surface area contributed by atoms with Crippen molar-refractivity contribution in [3.63, 3.8) is 0 Å². The van der Waals surface area contributed by atoms with Crippen molar-refractivity contribution < 1.29 is 8.94 Å². The molecule has 0 aliphatic heterocycles. The van der Waals surface area contributed by atoms with E-state index in [4.69, 9.17) is 14.7 Å². The Labute approximate surface area is 96.9 Å². The van der Waals surface area contributed by atoms with Gasteiger partial charge in [-0.1, -0.05) is 11.2 Å². The smallest absolute Gasteiger partial charge is 0.213 e. The fraction of sp³-hybridized carbons (Fsp3) is 0. The molecule has 0 aliphatic rings. The quantitative estimate of drug-likeness (QED) is 0.727. The minimum Gasteiger partial charge on any atom is -0.461 e. The van der Waals surface area contributed by atoms with Gasteiger partial charge in [-0.05, 0) is 24.3 Å². The van der Waals surface area contributed by atoms with Crippen molar-refractivity contribution >= 4 is 5.82 Å². The standard InChI is InChI=1S/C12H9N3O2/c13-12-10(8-4-1-2-6-14-8)11(17-15-12)9-5-3-7-16-9/h1-7H,(H2,13,15). The molecule has 0 atom stereocenters. The molecular formula is C12H9N3O2. The van der Waals surface area contributed by atoms with Crippen molar-refractivity contribution in [2.75, 3.05) is 5.73 Å². The summed E-state index contributed by atoms with van der Waals surface area (Å²) in [5.41, 5.74) is 7.15. The normalized spacial score (nSPS) is 10.6. The van der Waals surface area contributed by atoms with Gasteiger partial charge in [0.2, 0.25) is 5.76 Å². The monoisotopic (exact) mass is 227 g/mol. The van der Waals surface area contributed by atoms with Gasteiger partial charge in [-0.15, -0.1) is 0 Å². The van der Waals surface area contributed by atoms with Crippen LogP contribution in [0.25, 0.3) is 22.8 Å². The lowest BCUT2D eigenvalue weighted by atomic mass is 10.1. The molecule has 0 aliphatic carbocycles. The van der Waals surface area contributed by atoms with E-state index in [-0.39, 0.29) is 0 Å². The number of rotatable bonds is 2. The second-order valence-electron chi connectivity index (χ2n) is 3.46. The summed E-state index contributed by atoms with van der Waals surface area (Å²) in [6.45, 7) is 0. The molecule has 3 aromatic rings. The largest absolute Gasteiger partial charge is 0.461 e. The summed E-state index contributed by atoms with van der Waals surface area (Å²) in [4.78, 5) is 4.23. The van der Waals surface area contributed by atoms with E-state index in [1.54, 1.807) is 24.6 Å². The van der Waals surface area contributed by atoms with Crippen LogP contribution in [-0.4, -0.2) is 10.1 Å². The fourth-order valence-electron chi connectivity index (χ4n) is 1.64. The van der Waals surface area contributed by atoms with E-state index in [0.717, 1.165) is 0 Å². The number of nitrogens with two attached hydrogens (primary N) is 1. The fourth-order valence-corrected chi connectivity index (χ4v) is 1.64. The van der Waals surface area contributed by atoms with E-state index in [9.17, 15) is 0 Å². The molecule has 0 saturated heterocycles. The Morgan fingerprint density at radius 2 is 2.06 bits per heavy atom. The molecule has 3 rings (SSSR count). The third-order valence-corrected chi connectivity index (χ3v) is 2.38. The maximum Gasteiger partial charge on any atom is 0.213 e. The summed E-state index contributed by atoms with van der Waals surface area (Å²) >= 11 is 0. The van der Waals surface area contributed by atoms with E-state index in [0.29, 0.717) is 28.6 Å². The van der Waals surface area contributed by atoms with Crippen LogP contribution in [0.4, 0.5) is 5.82 Å². The number of furan rings is 1. The van der Waals surface area contributed by atoms with Gasteiger partial charge in [-0.3, -0.25) is 4.98 Å². The number of hydrogen-bond acceptors (Lipinski definition) is 5. The van der Waals surface area contributed by atoms with Crippen LogP contribution < -0.4 is 5.73 Å². The van der Waals surface area contributed by atoms with Gasteiger partial charge in [-0.2, -0.15) is 0 Å². The van der Waals surface area contributed by atoms with Crippen LogP contribution in [0, 0.1) is 0 Å². The topological polar surface area (TPSA) is 78.1 Å². The summed E-state index contributed by atoms with van der Waals surface area (Å²) in [5.74, 6) is 1.37. The molecule has 0 spiro atoms. The zero-order valence-corrected chi connectivity index (χ0v) is 8.83. The molecule has 0 unspecified atom stereocenters. The van der Waals surface area contributed by atoms with Crippen molar-refractivity contribution in [3.8, 4) is 22.8 Å². The zero-order chi connectivity index (χ0) is 11.7. The van der Waals surface area contributed by atoms with Crippen LogP contribution in [-0.2, 0) is 0 Å². The van der Waals surface area contributed by atoms with Gasteiger partial charge in [0.1, 0.15) is 0 Å². The molecule has 2 N–H and O–H groups in total. The van der Waals surface area contributed by atoms with E-state index >= 15 is 0 Å². The van der Waals surface area contributed by atoms with E-state index in [1.807, 2.05) is 18.2 Å². The number of aromatic nitrogens is 2. The van der Waals surface area contributed by atoms with Crippen LogP contribution in [0.5, 0.6) is 0 Å². The predicted molar refractivity (Wildman–Crippen MR) is 61.8 cm³/mol. The molecule has 0 aromatic carbocycles. The van der Waals surface area contributed by atoms with Gasteiger partial charge in [0.15, 0.2) is 11.6 Å². The molecule has 0 radical (unpaired) electrons. The molecule has 17 heavy (non-hydrogen) atoms. The van der Waals surface area contributed by atoms with Gasteiger partial charge in [-0.25, -0.2) is 0 Å². The van der Waals surface area contributed by atoms with Crippen LogP contribution in [0.15, 0.2) is 51.7 Å². The summed E-state index contributed by atoms with van der Waals surface area (Å²) in [6.07, 6.45) is 3.25. The van der Waals surface area contributed by atoms with Crippen LogP contribution in [0.3, 0.4) is 0 Å². The Morgan fingerprint density at radius 3 is 2.76 bits per heavy atom. The molecule has 0 bridgehead atoms. The summed E-state index contributed by atoms with van der Waals surface area (Å²) in [6, 6.07) is 9.11. The maximum absolute atomic E-state index is 5.79. The first kappa shape index (κ1) is 9.65. The molecule has 0 saturated carbocycles. The van der Waals surface area contributed by atoms with Crippen LogP contribution in [0.1, 0.15) is 0 Å². The molecule has 3 aromatic heterocycles. The SMILES string of the molecule is Nc1noc(-c2ccco2)c1-c1ccccn1. The van der Waals surface area contributed by atoms with Crippen molar-refractivity contribution in [2.45, 2.75) is 0 Å². The van der Waals surface area contributed by atoms with Gasteiger partial charge in [0.05, 0.1) is 17.5 Å². The van der Waals surface area contributed by atoms with Crippen molar-refractivity contribution in [2.24, 2.45) is 0 Å². The predicted octanol–water partition coefficient (Wildman–Crippen LogP) is 2.58. The summed E-state index contributed by atoms with van der Waals surface area (Å²) in [5, 5.41) is 3.75. The van der Waals surface area contributed by atoms with Crippen molar-refractivity contribution in [1.29, 1.82) is 0 Å². The van der Waals surface area contributed by atoms with Gasteiger partial charge in [0.25, 0.3) is 0 Å². The highest BCUT2D eigenvalue weighted by Gasteiger charge is 2.20. The first-order valence-electron chi connectivity index (χ1n) is 5.06. The first-order valence-corrected chi connectivity index (χ1v) is 5.06. The highest BCUT2D eigenvalue weighted by Crippen LogP contribution is 2.35. The minimum atomic E-state index is 0.301. The first-order chi connectivity index (χ1) is 8.36. The average molecular weight is 227 g/mol. The molecular weight excluding hydrogens is 218 g/mol. The van der Waals surface area contributed by atoms with Gasteiger partial charge >= 0.3 is 0 Å². The van der Waals surface area contributed by atoms with Gasteiger partial charge in [0, 0.05) is 6.20 Å². The molecule has 0 amide bonds. The van der Waals surface area contributed by atoms with E-state index in [2.05, 4.69) is 10.1 Å². The van der Waals surface area contributed by atoms with Crippen molar-refractivity contribution in [3.05, 3.63) is 42.8 Å². The Balaban J connectivity index is 2.20. The van der Waals surface area contributed by atoms with E-state index < -0.39 is 0 Å². The third kappa shape index (κ3) is 1.57. The molecule has 84 valence electrons. The Hall–Kier alpha value is -2.56. The molecule has 5 nitrogen and oxygen atoms in total. The highest BCUT2D eigenvalue weighted by atomic mass is 16.5. The van der Waals surface area contributed by atoms with Crippen molar-refractivity contribution in [1.82, 2.24) is 10.1 Å².